The molecule has 7 heteroatoms. The SMILES string of the molecule is Cc1ccc(-c2csc3c(=O)[nH]c(N4CCC[C@H](C(=O)NC5CCCCCCC5)C4)nc23)cc1. The first kappa shape index (κ1) is 23.1. The zero-order valence-electron chi connectivity index (χ0n) is 19.9. The van der Waals surface area contributed by atoms with E-state index in [9.17, 15) is 9.59 Å². The summed E-state index contributed by atoms with van der Waals surface area (Å²) in [5.74, 6) is 0.668. The molecule has 1 aliphatic heterocycles. The molecule has 1 saturated heterocycles. The Morgan fingerprint density at radius 1 is 1.06 bits per heavy atom. The number of nitrogens with zero attached hydrogens (tertiary/aromatic N) is 2. The first-order valence-electron chi connectivity index (χ1n) is 12.7. The van der Waals surface area contributed by atoms with Gasteiger partial charge in [-0.3, -0.25) is 14.6 Å². The van der Waals surface area contributed by atoms with Gasteiger partial charge < -0.3 is 10.2 Å². The number of hydrogen-bond donors (Lipinski definition) is 2. The first-order valence-corrected chi connectivity index (χ1v) is 13.6. The van der Waals surface area contributed by atoms with Crippen LogP contribution < -0.4 is 15.8 Å². The highest BCUT2D eigenvalue weighted by atomic mass is 32.1. The summed E-state index contributed by atoms with van der Waals surface area (Å²) in [6, 6.07) is 8.63. The molecule has 2 N–H and O–H groups in total. The number of aromatic amines is 1. The third-order valence-corrected chi connectivity index (χ3v) is 8.29. The molecule has 2 aromatic heterocycles. The van der Waals surface area contributed by atoms with Crippen molar-refractivity contribution in [1.82, 2.24) is 15.3 Å². The molecule has 1 amide bonds. The lowest BCUT2D eigenvalue weighted by Crippen LogP contribution is -2.46. The van der Waals surface area contributed by atoms with Gasteiger partial charge in [-0.2, -0.15) is 0 Å². The maximum Gasteiger partial charge on any atom is 0.270 e. The fourth-order valence-corrected chi connectivity index (χ4v) is 6.22. The number of amides is 1. The summed E-state index contributed by atoms with van der Waals surface area (Å²) in [5.41, 5.74) is 3.89. The van der Waals surface area contributed by atoms with Gasteiger partial charge in [-0.25, -0.2) is 4.98 Å². The van der Waals surface area contributed by atoms with Crippen molar-refractivity contribution in [2.75, 3.05) is 18.0 Å². The Kier molecular flexibility index (Phi) is 6.99. The molecule has 0 bridgehead atoms. The number of aromatic nitrogens is 2. The van der Waals surface area contributed by atoms with Gasteiger partial charge in [0.05, 0.1) is 11.4 Å². The van der Waals surface area contributed by atoms with E-state index in [-0.39, 0.29) is 17.4 Å². The van der Waals surface area contributed by atoms with Crippen LogP contribution in [0.2, 0.25) is 0 Å². The van der Waals surface area contributed by atoms with Crippen molar-refractivity contribution < 1.29 is 4.79 Å². The van der Waals surface area contributed by atoms with Crippen LogP contribution in [0, 0.1) is 12.8 Å². The quantitative estimate of drug-likeness (QED) is 0.526. The number of H-pyrrole nitrogens is 1. The average molecular weight is 479 g/mol. The van der Waals surface area contributed by atoms with E-state index in [0.717, 1.165) is 48.9 Å². The molecule has 2 aliphatic rings. The van der Waals surface area contributed by atoms with E-state index in [0.29, 0.717) is 23.2 Å². The molecule has 1 saturated carbocycles. The highest BCUT2D eigenvalue weighted by molar-refractivity contribution is 7.17. The van der Waals surface area contributed by atoms with Gasteiger partial charge >= 0.3 is 0 Å². The van der Waals surface area contributed by atoms with Gasteiger partial charge in [0, 0.05) is 30.1 Å². The minimum Gasteiger partial charge on any atom is -0.353 e. The number of aryl methyl sites for hydroxylation is 1. The minimum atomic E-state index is -0.107. The first-order chi connectivity index (χ1) is 16.6. The highest BCUT2D eigenvalue weighted by Gasteiger charge is 2.29. The van der Waals surface area contributed by atoms with Gasteiger partial charge in [0.15, 0.2) is 0 Å². The Balaban J connectivity index is 1.34. The molecular weight excluding hydrogens is 444 g/mol. The maximum absolute atomic E-state index is 13.1. The summed E-state index contributed by atoms with van der Waals surface area (Å²) >= 11 is 1.43. The van der Waals surface area contributed by atoms with Crippen LogP contribution in [0.3, 0.4) is 0 Å². The fraction of sp³-hybridized carbons (Fsp3) is 0.519. The Labute approximate surface area is 204 Å². The summed E-state index contributed by atoms with van der Waals surface area (Å²) in [6.07, 6.45) is 10.3. The van der Waals surface area contributed by atoms with E-state index in [4.69, 9.17) is 4.98 Å². The molecule has 34 heavy (non-hydrogen) atoms. The summed E-state index contributed by atoms with van der Waals surface area (Å²) < 4.78 is 0.648. The predicted molar refractivity (Wildman–Crippen MR) is 140 cm³/mol. The Bertz CT molecular complexity index is 1190. The highest BCUT2D eigenvalue weighted by Crippen LogP contribution is 2.32. The lowest BCUT2D eigenvalue weighted by molar-refractivity contribution is -0.126. The van der Waals surface area contributed by atoms with E-state index < -0.39 is 0 Å². The number of carbonyl (C=O) groups is 1. The molecule has 0 radical (unpaired) electrons. The van der Waals surface area contributed by atoms with E-state index in [1.54, 1.807) is 0 Å². The fourth-order valence-electron chi connectivity index (χ4n) is 5.31. The number of fused-ring (bicyclic) bond motifs is 1. The summed E-state index contributed by atoms with van der Waals surface area (Å²) in [7, 11) is 0. The lowest BCUT2D eigenvalue weighted by Gasteiger charge is -2.33. The van der Waals surface area contributed by atoms with Gasteiger partial charge in [0.2, 0.25) is 11.9 Å². The maximum atomic E-state index is 13.1. The number of benzene rings is 1. The number of carbonyl (C=O) groups excluding carboxylic acids is 1. The number of anilines is 1. The standard InChI is InChI=1S/C27H34N4O2S/c1-18-11-13-19(14-12-18)22-17-34-24-23(22)29-27(30-26(24)33)31-15-7-8-20(16-31)25(32)28-21-9-5-3-2-4-6-10-21/h11-14,17,20-21H,2-10,15-16H2,1H3,(H,28,32)(H,29,30,33)/t20-/m0/s1. The Morgan fingerprint density at radius 3 is 2.56 bits per heavy atom. The molecule has 180 valence electrons. The van der Waals surface area contributed by atoms with Crippen LogP contribution in [0.1, 0.15) is 63.4 Å². The molecule has 6 nitrogen and oxygen atoms in total. The third-order valence-electron chi connectivity index (χ3n) is 7.32. The Morgan fingerprint density at radius 2 is 1.79 bits per heavy atom. The topological polar surface area (TPSA) is 78.1 Å². The molecule has 1 aromatic carbocycles. The van der Waals surface area contributed by atoms with Crippen LogP contribution in [0.4, 0.5) is 5.95 Å². The molecule has 1 atom stereocenters. The number of hydrogen-bond acceptors (Lipinski definition) is 5. The average Bonchev–Trinajstić information content (AvgIpc) is 3.26. The summed E-state index contributed by atoms with van der Waals surface area (Å²) in [4.78, 5) is 36.0. The van der Waals surface area contributed by atoms with Crippen molar-refractivity contribution >= 4 is 33.4 Å². The Hall–Kier alpha value is -2.67. The van der Waals surface area contributed by atoms with Gasteiger partial charge in [0.1, 0.15) is 4.70 Å². The minimum absolute atomic E-state index is 0.0702. The monoisotopic (exact) mass is 478 g/mol. The molecule has 3 heterocycles. The number of thiophene rings is 1. The molecule has 5 rings (SSSR count). The molecular formula is C27H34N4O2S. The van der Waals surface area contributed by atoms with Crippen LogP contribution in [-0.2, 0) is 4.79 Å². The van der Waals surface area contributed by atoms with E-state index in [2.05, 4.69) is 46.4 Å². The second-order valence-corrected chi connectivity index (χ2v) is 10.8. The van der Waals surface area contributed by atoms with Crippen LogP contribution in [0.5, 0.6) is 0 Å². The smallest absolute Gasteiger partial charge is 0.270 e. The second kappa shape index (κ2) is 10.3. The predicted octanol–water partition coefficient (Wildman–Crippen LogP) is 5.41. The molecule has 2 fully saturated rings. The zero-order valence-corrected chi connectivity index (χ0v) is 20.8. The van der Waals surface area contributed by atoms with E-state index in [1.807, 2.05) is 5.38 Å². The number of nitrogens with one attached hydrogen (secondary N) is 2. The van der Waals surface area contributed by atoms with Crippen LogP contribution in [0.15, 0.2) is 34.4 Å². The largest absolute Gasteiger partial charge is 0.353 e. The van der Waals surface area contributed by atoms with Gasteiger partial charge in [-0.05, 0) is 38.2 Å². The molecule has 0 spiro atoms. The normalized spacial score (nSPS) is 20.1. The van der Waals surface area contributed by atoms with Crippen molar-refractivity contribution in [3.63, 3.8) is 0 Å². The van der Waals surface area contributed by atoms with Crippen LogP contribution in [0.25, 0.3) is 21.3 Å². The van der Waals surface area contributed by atoms with E-state index in [1.165, 1.54) is 49.0 Å². The van der Waals surface area contributed by atoms with Crippen molar-refractivity contribution in [1.29, 1.82) is 0 Å². The number of rotatable bonds is 4. The van der Waals surface area contributed by atoms with Crippen molar-refractivity contribution in [2.45, 2.75) is 70.8 Å². The van der Waals surface area contributed by atoms with Gasteiger partial charge in [-0.15, -0.1) is 11.3 Å². The van der Waals surface area contributed by atoms with Crippen LogP contribution >= 0.6 is 11.3 Å². The lowest BCUT2D eigenvalue weighted by atomic mass is 9.94. The van der Waals surface area contributed by atoms with Crippen molar-refractivity contribution in [3.8, 4) is 11.1 Å². The molecule has 0 unspecified atom stereocenters. The molecule has 1 aliphatic carbocycles. The summed E-state index contributed by atoms with van der Waals surface area (Å²) in [6.45, 7) is 3.46. The van der Waals surface area contributed by atoms with Gasteiger partial charge in [-0.1, -0.05) is 61.9 Å². The van der Waals surface area contributed by atoms with Crippen LogP contribution in [-0.4, -0.2) is 35.0 Å². The second-order valence-electron chi connectivity index (χ2n) is 9.92. The zero-order chi connectivity index (χ0) is 23.5. The van der Waals surface area contributed by atoms with E-state index >= 15 is 0 Å². The van der Waals surface area contributed by atoms with Gasteiger partial charge in [0.25, 0.3) is 5.56 Å². The van der Waals surface area contributed by atoms with Crippen molar-refractivity contribution in [2.24, 2.45) is 5.92 Å². The number of piperidine rings is 1. The third kappa shape index (κ3) is 5.04. The molecule has 3 aromatic rings. The van der Waals surface area contributed by atoms with Crippen molar-refractivity contribution in [3.05, 3.63) is 45.6 Å². The summed E-state index contributed by atoms with van der Waals surface area (Å²) in [5, 5.41) is 5.36.